The predicted molar refractivity (Wildman–Crippen MR) is 165 cm³/mol. The second kappa shape index (κ2) is 163. The Morgan fingerprint density at radius 1 is 0.299 bits per heavy atom. The van der Waals surface area contributed by atoms with E-state index in [1.165, 1.54) is 32.9 Å². The van der Waals surface area contributed by atoms with Gasteiger partial charge in [-0.25, -0.2) is 11.1 Å². The van der Waals surface area contributed by atoms with Gasteiger partial charge in [-0.2, -0.15) is 48.0 Å². The zero-order chi connectivity index (χ0) is 27.5. The molecule has 0 aliphatic rings. The van der Waals surface area contributed by atoms with E-state index in [1.807, 2.05) is 85.7 Å². The standard InChI is InChI=1S/C14H13N.C13H10.4C2H6.31Y/c1-10-6-5-9-13-14(10)11-7-3-4-8-12(11)15(13)2;1-11-7-5-6-10-13(11)12-8-3-2-4-9-12;4*1-2;;;;;;;;;;;;;;;;;;;;;;;;;;;;;;;/h3-9H,1-2H3;2-8H,1H3;4*1-2H3;;;;;;;;;;;;;;;;;;;;;;;;;;;;;;;/q;-2;;;;;;;;;;;;;;;;;;;;;;;;;;;;;;;;;;;. The Bertz CT molecular complexity index is 1300. The van der Waals surface area contributed by atoms with E-state index >= 15 is 0 Å². The second-order valence-electron chi connectivity index (χ2n) is 7.05. The number of fused-ring (bicyclic) bond motifs is 3. The van der Waals surface area contributed by atoms with Gasteiger partial charge in [0.05, 0.1) is 0 Å². The third-order valence-electron chi connectivity index (χ3n) is 5.19. The molecular weight excluding hydrogens is 3190 g/mol. The third kappa shape index (κ3) is 106. The number of aromatic nitrogens is 1. The van der Waals surface area contributed by atoms with Gasteiger partial charge in [0.25, 0.3) is 0 Å². The monoisotopic (exact) mass is 3240 g/mol. The van der Waals surface area contributed by atoms with Gasteiger partial charge in [-0.05, 0) is 24.6 Å². The van der Waals surface area contributed by atoms with Crippen molar-refractivity contribution >= 4 is 21.8 Å². The molecular formula is C35H47NY31-2. The van der Waals surface area contributed by atoms with E-state index in [0.29, 0.717) is 0 Å². The van der Waals surface area contributed by atoms with Crippen LogP contribution in [0.15, 0.2) is 84.9 Å². The molecule has 4 aromatic carbocycles. The molecule has 0 bridgehead atoms. The van der Waals surface area contributed by atoms with Gasteiger partial charge in [0.1, 0.15) is 0 Å². The van der Waals surface area contributed by atoms with Crippen LogP contribution in [0.25, 0.3) is 32.9 Å². The van der Waals surface area contributed by atoms with Crippen LogP contribution in [0.1, 0.15) is 66.5 Å². The predicted octanol–water partition coefficient (Wildman–Crippen LogP) is 10.9. The van der Waals surface area contributed by atoms with Gasteiger partial charge < -0.3 is 4.57 Å². The molecule has 0 aliphatic heterocycles. The van der Waals surface area contributed by atoms with Crippen LogP contribution in [0.4, 0.5) is 0 Å². The van der Waals surface area contributed by atoms with Crippen molar-refractivity contribution in [2.45, 2.75) is 69.2 Å². The van der Waals surface area contributed by atoms with Crippen molar-refractivity contribution in [3.05, 3.63) is 108 Å². The number of hydrogen-bond acceptors (Lipinski definition) is 0. The maximum absolute atomic E-state index is 3.22. The van der Waals surface area contributed by atoms with Gasteiger partial charge in [-0.3, -0.25) is 0 Å². The molecule has 5 rings (SSSR count). The van der Waals surface area contributed by atoms with Gasteiger partial charge in [0.2, 0.25) is 0 Å². The number of para-hydroxylation sites is 1. The van der Waals surface area contributed by atoms with Crippen LogP contribution < -0.4 is 0 Å². The largest absolute Gasteiger partial charge is 0.344 e. The summed E-state index contributed by atoms with van der Waals surface area (Å²) >= 11 is 0. The summed E-state index contributed by atoms with van der Waals surface area (Å²) < 4.78 is 2.26. The van der Waals surface area contributed by atoms with Crippen molar-refractivity contribution in [1.82, 2.24) is 4.57 Å². The Kier molecular flexibility index (Phi) is 516. The zero-order valence-electron chi connectivity index (χ0n) is 42.4. The topological polar surface area (TPSA) is 4.93 Å². The van der Waals surface area contributed by atoms with Gasteiger partial charge in [0.15, 0.2) is 0 Å². The van der Waals surface area contributed by atoms with E-state index in [1.54, 1.807) is 0 Å². The molecule has 0 saturated carbocycles. The normalized spacial score (nSPS) is 4.82. The molecule has 0 unspecified atom stereocenters. The molecule has 0 fully saturated rings. The summed E-state index contributed by atoms with van der Waals surface area (Å²) in [6.07, 6.45) is 0. The number of benzene rings is 4. The quantitative estimate of drug-likeness (QED) is 0.147. The molecule has 31 radical (unpaired) electrons. The Morgan fingerprint density at radius 2 is 0.597 bits per heavy atom. The van der Waals surface area contributed by atoms with Crippen LogP contribution in [0.3, 0.4) is 0 Å². The molecule has 0 spiro atoms. The molecule has 5 aromatic rings. The summed E-state index contributed by atoms with van der Waals surface area (Å²) in [5.74, 6) is 0. The number of aryl methyl sites for hydroxylation is 3. The molecule has 287 valence electrons. The zero-order valence-corrected chi connectivity index (χ0v) is 130. The Balaban J connectivity index is -0.00000000756. The van der Waals surface area contributed by atoms with E-state index in [0.717, 1.165) is 11.1 Å². The summed E-state index contributed by atoms with van der Waals surface area (Å²) in [6.45, 7) is 20.3. The summed E-state index contributed by atoms with van der Waals surface area (Å²) in [6, 6.07) is 35.5. The van der Waals surface area contributed by atoms with Gasteiger partial charge in [-0.1, -0.05) is 92.6 Å². The van der Waals surface area contributed by atoms with Crippen LogP contribution in [0.5, 0.6) is 0 Å². The minimum absolute atomic E-state index is 0. The maximum Gasteiger partial charge on any atom is 0.0491 e. The first-order valence-electron chi connectivity index (χ1n) is 13.5. The van der Waals surface area contributed by atoms with Crippen molar-refractivity contribution in [3.63, 3.8) is 0 Å². The first-order chi connectivity index (χ1) is 17.7. The van der Waals surface area contributed by atoms with E-state index < -0.39 is 0 Å². The van der Waals surface area contributed by atoms with E-state index in [2.05, 4.69) is 92.2 Å². The van der Waals surface area contributed by atoms with Crippen molar-refractivity contribution in [2.75, 3.05) is 0 Å². The maximum atomic E-state index is 3.22. The first-order valence-corrected chi connectivity index (χ1v) is 13.5. The number of rotatable bonds is 1. The van der Waals surface area contributed by atoms with E-state index in [4.69, 9.17) is 0 Å². The van der Waals surface area contributed by atoms with Crippen molar-refractivity contribution < 1.29 is 1010 Å². The van der Waals surface area contributed by atoms with Crippen LogP contribution in [-0.4, -0.2) is 4.57 Å². The summed E-state index contributed by atoms with van der Waals surface area (Å²) in [5.41, 5.74) is 7.47. The van der Waals surface area contributed by atoms with Crippen molar-refractivity contribution in [2.24, 2.45) is 7.05 Å². The van der Waals surface area contributed by atoms with Gasteiger partial charge >= 0.3 is 0 Å². The minimum atomic E-state index is 0. The molecule has 0 N–H and O–H groups in total. The average molecular weight is 3240 g/mol. The van der Waals surface area contributed by atoms with Crippen LogP contribution >= 0.6 is 0 Å². The van der Waals surface area contributed by atoms with Crippen LogP contribution in [0, 0.1) is 26.0 Å². The molecule has 67 heavy (non-hydrogen) atoms. The Hall–Kier alpha value is 30.9. The van der Waals surface area contributed by atoms with Crippen LogP contribution in [-0.2, 0) is 1020 Å². The fourth-order valence-corrected chi connectivity index (χ4v) is 3.75. The SMILES string of the molecule is CC.CC.CC.CC.Cc1ccc[c-]c1-c1[c-]cccc1.Cc1cccc2c1c1ccccc1n2C.[Y].[Y].[Y].[Y].[Y].[Y].[Y].[Y].[Y].[Y].[Y].[Y].[Y].[Y].[Y].[Y].[Y].[Y].[Y].[Y].[Y].[Y].[Y].[Y].[Y].[Y].[Y].[Y].[Y].[Y].[Y]. The Morgan fingerprint density at radius 3 is 0.925 bits per heavy atom. The van der Waals surface area contributed by atoms with Crippen molar-refractivity contribution in [3.8, 4) is 11.1 Å². The molecule has 0 saturated heterocycles. The first kappa shape index (κ1) is 212. The second-order valence-corrected chi connectivity index (χ2v) is 7.05. The molecule has 0 atom stereocenters. The third-order valence-corrected chi connectivity index (χ3v) is 5.19. The molecule has 0 aliphatic carbocycles. The average Bonchev–Trinajstić information content (AvgIpc) is 3.27. The van der Waals surface area contributed by atoms with Gasteiger partial charge in [-0.15, -0.1) is 12.1 Å². The molecule has 0 amide bonds. The van der Waals surface area contributed by atoms with Crippen molar-refractivity contribution in [1.29, 1.82) is 0 Å². The molecule has 1 nitrogen and oxygen atoms in total. The summed E-state index contributed by atoms with van der Waals surface area (Å²) in [4.78, 5) is 0. The molecule has 1 heterocycles. The van der Waals surface area contributed by atoms with Crippen LogP contribution in [0.2, 0.25) is 0 Å². The summed E-state index contributed by atoms with van der Waals surface area (Å²) in [5, 5.41) is 2.74. The molecule has 32 heteroatoms. The fraction of sp³-hybridized carbons (Fsp3) is 0.314. The van der Waals surface area contributed by atoms with E-state index in [-0.39, 0.29) is 1010 Å². The Labute approximate surface area is 1190 Å². The number of nitrogens with zero attached hydrogens (tertiary/aromatic N) is 1. The fourth-order valence-electron chi connectivity index (χ4n) is 3.75. The van der Waals surface area contributed by atoms with E-state index in [9.17, 15) is 0 Å². The number of hydrogen-bond donors (Lipinski definition) is 0. The minimum Gasteiger partial charge on any atom is -0.344 e. The smallest absolute Gasteiger partial charge is 0.0491 e. The van der Waals surface area contributed by atoms with Gasteiger partial charge in [0, 0.05) is 1040 Å². The molecule has 1 aromatic heterocycles. The summed E-state index contributed by atoms with van der Waals surface area (Å²) in [7, 11) is 2.13.